The molecule has 1 unspecified atom stereocenters. The zero-order chi connectivity index (χ0) is 17.8. The number of rotatable bonds is 6. The molecule has 1 saturated heterocycles. The topological polar surface area (TPSA) is 122 Å². The number of β-lactam (4-membered cyclic amide) rings is 1. The van der Waals surface area contributed by atoms with Crippen LogP contribution in [0.2, 0.25) is 0 Å². The maximum absolute atomic E-state index is 12.4. The number of carbonyl (C=O) groups is 3. The van der Waals surface area contributed by atoms with Gasteiger partial charge >= 0.3 is 11.9 Å². The third-order valence-electron chi connectivity index (χ3n) is 3.88. The maximum Gasteiger partial charge on any atom is 0.358 e. The van der Waals surface area contributed by atoms with Crippen LogP contribution in [-0.2, 0) is 30.5 Å². The SMILES string of the molecule is [N-]=[N+]=NCC(=O)OC1=C(C(=O)OCc2ccccc2)N2C(=O)CC2C1. The van der Waals surface area contributed by atoms with Crippen LogP contribution in [0.1, 0.15) is 18.4 Å². The van der Waals surface area contributed by atoms with Crippen LogP contribution in [0, 0.1) is 0 Å². The first-order valence-corrected chi connectivity index (χ1v) is 7.58. The van der Waals surface area contributed by atoms with Gasteiger partial charge in [0.2, 0.25) is 5.91 Å². The molecule has 0 saturated carbocycles. The average molecular weight is 342 g/mol. The van der Waals surface area contributed by atoms with E-state index in [0.717, 1.165) is 5.56 Å². The Labute approximate surface area is 142 Å². The second kappa shape index (κ2) is 7.06. The van der Waals surface area contributed by atoms with Crippen LogP contribution in [0.3, 0.4) is 0 Å². The van der Waals surface area contributed by atoms with E-state index in [-0.39, 0.29) is 42.9 Å². The van der Waals surface area contributed by atoms with Crippen molar-refractivity contribution in [1.29, 1.82) is 0 Å². The molecular weight excluding hydrogens is 328 g/mol. The van der Waals surface area contributed by atoms with E-state index in [1.54, 1.807) is 12.1 Å². The van der Waals surface area contributed by atoms with Crippen molar-refractivity contribution in [3.05, 3.63) is 57.8 Å². The summed E-state index contributed by atoms with van der Waals surface area (Å²) in [5.74, 6) is -1.67. The van der Waals surface area contributed by atoms with Crippen molar-refractivity contribution in [2.75, 3.05) is 6.54 Å². The number of azide groups is 1. The number of ether oxygens (including phenoxy) is 2. The Balaban J connectivity index is 1.74. The minimum absolute atomic E-state index is 0.0375. The van der Waals surface area contributed by atoms with Gasteiger partial charge in [0.05, 0.1) is 6.04 Å². The molecule has 0 radical (unpaired) electrons. The minimum atomic E-state index is -0.795. The number of carbonyl (C=O) groups excluding carboxylic acids is 3. The van der Waals surface area contributed by atoms with E-state index >= 15 is 0 Å². The Morgan fingerprint density at radius 3 is 2.72 bits per heavy atom. The number of nitrogens with zero attached hydrogens (tertiary/aromatic N) is 4. The fourth-order valence-electron chi connectivity index (χ4n) is 2.75. The van der Waals surface area contributed by atoms with Gasteiger partial charge in [0.1, 0.15) is 18.9 Å². The van der Waals surface area contributed by atoms with Crippen LogP contribution in [-0.4, -0.2) is 35.3 Å². The number of fused-ring (bicyclic) bond motifs is 1. The normalized spacial score (nSPS) is 18.2. The summed E-state index contributed by atoms with van der Waals surface area (Å²) in [5, 5.41) is 3.11. The van der Waals surface area contributed by atoms with Crippen molar-refractivity contribution < 1.29 is 23.9 Å². The summed E-state index contributed by atoms with van der Waals surface area (Å²) < 4.78 is 10.4. The lowest BCUT2D eigenvalue weighted by molar-refractivity contribution is -0.151. The Morgan fingerprint density at radius 2 is 2.04 bits per heavy atom. The number of esters is 2. The molecule has 0 N–H and O–H groups in total. The second-order valence-corrected chi connectivity index (χ2v) is 5.52. The summed E-state index contributed by atoms with van der Waals surface area (Å²) in [6.07, 6.45) is 0.538. The van der Waals surface area contributed by atoms with Gasteiger partial charge in [-0.25, -0.2) is 4.79 Å². The molecule has 1 atom stereocenters. The van der Waals surface area contributed by atoms with E-state index < -0.39 is 18.5 Å². The zero-order valence-electron chi connectivity index (χ0n) is 13.1. The lowest BCUT2D eigenvalue weighted by Crippen LogP contribution is -2.49. The van der Waals surface area contributed by atoms with E-state index in [4.69, 9.17) is 15.0 Å². The van der Waals surface area contributed by atoms with Crippen LogP contribution in [0.15, 0.2) is 46.9 Å². The molecular formula is C16H14N4O5. The van der Waals surface area contributed by atoms with Crippen LogP contribution < -0.4 is 0 Å². The van der Waals surface area contributed by atoms with Crippen LogP contribution in [0.4, 0.5) is 0 Å². The summed E-state index contributed by atoms with van der Waals surface area (Å²) in [6, 6.07) is 8.87. The molecule has 3 rings (SSSR count). The molecule has 0 spiro atoms. The number of benzene rings is 1. The lowest BCUT2D eigenvalue weighted by Gasteiger charge is -2.35. The first-order chi connectivity index (χ1) is 12.1. The van der Waals surface area contributed by atoms with Crippen LogP contribution in [0.25, 0.3) is 10.4 Å². The fourth-order valence-corrected chi connectivity index (χ4v) is 2.75. The molecule has 25 heavy (non-hydrogen) atoms. The van der Waals surface area contributed by atoms with Crippen molar-refractivity contribution in [3.8, 4) is 0 Å². The highest BCUT2D eigenvalue weighted by Gasteiger charge is 2.49. The number of hydrogen-bond donors (Lipinski definition) is 0. The molecule has 2 aliphatic heterocycles. The van der Waals surface area contributed by atoms with E-state index in [9.17, 15) is 14.4 Å². The molecule has 1 aromatic carbocycles. The largest absolute Gasteiger partial charge is 0.456 e. The summed E-state index contributed by atoms with van der Waals surface area (Å²) in [6.45, 7) is -0.458. The van der Waals surface area contributed by atoms with Crippen molar-refractivity contribution >= 4 is 17.8 Å². The van der Waals surface area contributed by atoms with Gasteiger partial charge in [-0.2, -0.15) is 0 Å². The number of hydrogen-bond acceptors (Lipinski definition) is 6. The predicted molar refractivity (Wildman–Crippen MR) is 83.2 cm³/mol. The van der Waals surface area contributed by atoms with Gasteiger partial charge < -0.3 is 9.47 Å². The maximum atomic E-state index is 12.4. The lowest BCUT2D eigenvalue weighted by atomic mass is 10.0. The Bertz CT molecular complexity index is 798. The van der Waals surface area contributed by atoms with Gasteiger partial charge in [0, 0.05) is 17.8 Å². The van der Waals surface area contributed by atoms with Crippen LogP contribution >= 0.6 is 0 Å². The number of amides is 1. The average Bonchev–Trinajstić information content (AvgIpc) is 2.90. The molecule has 2 aliphatic rings. The third-order valence-corrected chi connectivity index (χ3v) is 3.88. The van der Waals surface area contributed by atoms with E-state index in [1.165, 1.54) is 4.90 Å². The predicted octanol–water partition coefficient (Wildman–Crippen LogP) is 1.80. The second-order valence-electron chi connectivity index (χ2n) is 5.52. The molecule has 0 bridgehead atoms. The van der Waals surface area contributed by atoms with Crippen molar-refractivity contribution in [1.82, 2.24) is 4.90 Å². The van der Waals surface area contributed by atoms with Gasteiger partial charge in [-0.1, -0.05) is 35.4 Å². The third kappa shape index (κ3) is 3.46. The molecule has 1 aromatic rings. The fraction of sp³-hybridized carbons (Fsp3) is 0.312. The van der Waals surface area contributed by atoms with Crippen molar-refractivity contribution in [3.63, 3.8) is 0 Å². The van der Waals surface area contributed by atoms with Gasteiger partial charge in [-0.15, -0.1) is 0 Å². The monoisotopic (exact) mass is 342 g/mol. The van der Waals surface area contributed by atoms with E-state index in [2.05, 4.69) is 10.0 Å². The van der Waals surface area contributed by atoms with Crippen molar-refractivity contribution in [2.24, 2.45) is 5.11 Å². The molecule has 128 valence electrons. The first-order valence-electron chi connectivity index (χ1n) is 7.58. The highest BCUT2D eigenvalue weighted by Crippen LogP contribution is 2.39. The summed E-state index contributed by atoms with van der Waals surface area (Å²) in [5.41, 5.74) is 8.98. The quantitative estimate of drug-likeness (QED) is 0.256. The Hall–Kier alpha value is -3.32. The zero-order valence-corrected chi connectivity index (χ0v) is 13.1. The summed E-state index contributed by atoms with van der Waals surface area (Å²) >= 11 is 0. The molecule has 0 aliphatic carbocycles. The molecule has 9 nitrogen and oxygen atoms in total. The van der Waals surface area contributed by atoms with Gasteiger partial charge in [-0.05, 0) is 11.1 Å². The Morgan fingerprint density at radius 1 is 1.28 bits per heavy atom. The standard InChI is InChI=1S/C16H14N4O5/c17-19-18-8-14(22)25-12-6-11-7-13(21)20(11)15(12)16(23)24-9-10-4-2-1-3-5-10/h1-5,11H,6-9H2. The summed E-state index contributed by atoms with van der Waals surface area (Å²) in [7, 11) is 0. The van der Waals surface area contributed by atoms with E-state index in [0.29, 0.717) is 0 Å². The molecule has 0 aromatic heterocycles. The highest BCUT2D eigenvalue weighted by molar-refractivity contribution is 5.99. The van der Waals surface area contributed by atoms with Crippen molar-refractivity contribution in [2.45, 2.75) is 25.5 Å². The van der Waals surface area contributed by atoms with E-state index in [1.807, 2.05) is 18.2 Å². The minimum Gasteiger partial charge on any atom is -0.456 e. The first kappa shape index (κ1) is 16.5. The molecule has 1 fully saturated rings. The van der Waals surface area contributed by atoms with Gasteiger partial charge in [0.25, 0.3) is 0 Å². The van der Waals surface area contributed by atoms with Gasteiger partial charge in [0.15, 0.2) is 5.70 Å². The molecule has 2 heterocycles. The Kier molecular flexibility index (Phi) is 4.67. The smallest absolute Gasteiger partial charge is 0.358 e. The highest BCUT2D eigenvalue weighted by atomic mass is 16.6. The molecule has 9 heteroatoms. The van der Waals surface area contributed by atoms with Gasteiger partial charge in [-0.3, -0.25) is 14.5 Å². The summed E-state index contributed by atoms with van der Waals surface area (Å²) in [4.78, 5) is 39.6. The molecule has 1 amide bonds. The van der Waals surface area contributed by atoms with Crippen LogP contribution in [0.5, 0.6) is 0 Å².